The molecule has 6 atom stereocenters. The van der Waals surface area contributed by atoms with Gasteiger partial charge in [-0.2, -0.15) is 0 Å². The summed E-state index contributed by atoms with van der Waals surface area (Å²) >= 11 is 0. The summed E-state index contributed by atoms with van der Waals surface area (Å²) in [5, 5.41) is 10.6. The van der Waals surface area contributed by atoms with Crippen LogP contribution in [0.3, 0.4) is 0 Å². The van der Waals surface area contributed by atoms with Crippen molar-refractivity contribution in [3.8, 4) is 0 Å². The minimum atomic E-state index is -4.95. The van der Waals surface area contributed by atoms with Crippen LogP contribution in [-0.2, 0) is 65.4 Å². The van der Waals surface area contributed by atoms with Crippen LogP contribution in [0, 0.1) is 23.7 Å². The van der Waals surface area contributed by atoms with Crippen molar-refractivity contribution in [1.82, 2.24) is 0 Å². The van der Waals surface area contributed by atoms with E-state index in [-0.39, 0.29) is 25.7 Å². The summed E-state index contributed by atoms with van der Waals surface area (Å²) in [4.78, 5) is 72.6. The molecular formula is C72H140O17P2. The third kappa shape index (κ3) is 65.1. The number of ether oxygens (including phenoxy) is 4. The van der Waals surface area contributed by atoms with Crippen LogP contribution in [0.2, 0.25) is 0 Å². The van der Waals surface area contributed by atoms with Crippen LogP contribution in [0.25, 0.3) is 0 Å². The van der Waals surface area contributed by atoms with Crippen molar-refractivity contribution in [1.29, 1.82) is 0 Å². The monoisotopic (exact) mass is 1340 g/mol. The Bertz CT molecular complexity index is 1800. The summed E-state index contributed by atoms with van der Waals surface area (Å²) < 4.78 is 68.3. The van der Waals surface area contributed by atoms with E-state index in [2.05, 4.69) is 55.4 Å². The predicted molar refractivity (Wildman–Crippen MR) is 367 cm³/mol. The Morgan fingerprint density at radius 3 is 0.780 bits per heavy atom. The van der Waals surface area contributed by atoms with Gasteiger partial charge in [0.2, 0.25) is 0 Å². The molecule has 0 aliphatic rings. The van der Waals surface area contributed by atoms with Crippen molar-refractivity contribution in [2.24, 2.45) is 23.7 Å². The molecule has 91 heavy (non-hydrogen) atoms. The number of esters is 4. The number of unbranched alkanes of at least 4 members (excludes halogenated alkanes) is 34. The zero-order chi connectivity index (χ0) is 67.5. The average Bonchev–Trinajstić information content (AvgIpc) is 3.72. The zero-order valence-corrected chi connectivity index (χ0v) is 61.3. The number of phosphoric acid groups is 2. The number of hydrogen-bond acceptors (Lipinski definition) is 15. The summed E-state index contributed by atoms with van der Waals surface area (Å²) in [5.41, 5.74) is 0. The van der Waals surface area contributed by atoms with Crippen LogP contribution in [0.15, 0.2) is 0 Å². The molecule has 0 aromatic heterocycles. The van der Waals surface area contributed by atoms with Crippen molar-refractivity contribution in [3.05, 3.63) is 0 Å². The molecule has 0 radical (unpaired) electrons. The number of hydrogen-bond donors (Lipinski definition) is 3. The molecule has 0 saturated carbocycles. The SMILES string of the molecule is CCC(C)CCCCCCCCCCCCCCCCC(=O)O[C@H](COC(=O)CCCCCCCCCC(C)C)COP(=O)(O)OCC(O)COP(=O)(O)OC[C@@H](COC(=O)CCCCCCCCCCCCC(C)C)OC(=O)CCCCCCCCCC(C)C. The van der Waals surface area contributed by atoms with Gasteiger partial charge in [-0.05, 0) is 49.4 Å². The number of carbonyl (C=O) groups excluding carboxylic acids is 4. The lowest BCUT2D eigenvalue weighted by atomic mass is 9.99. The van der Waals surface area contributed by atoms with Crippen molar-refractivity contribution in [2.45, 2.75) is 375 Å². The molecule has 4 unspecified atom stereocenters. The summed E-state index contributed by atoms with van der Waals surface area (Å²) in [6, 6.07) is 0. The van der Waals surface area contributed by atoms with E-state index >= 15 is 0 Å². The molecule has 0 aromatic carbocycles. The minimum absolute atomic E-state index is 0.103. The van der Waals surface area contributed by atoms with Crippen LogP contribution < -0.4 is 0 Å². The minimum Gasteiger partial charge on any atom is -0.462 e. The van der Waals surface area contributed by atoms with Crippen molar-refractivity contribution >= 4 is 39.5 Å². The lowest BCUT2D eigenvalue weighted by Gasteiger charge is -2.21. The molecule has 0 aliphatic heterocycles. The Morgan fingerprint density at radius 1 is 0.308 bits per heavy atom. The molecule has 0 amide bonds. The lowest BCUT2D eigenvalue weighted by molar-refractivity contribution is -0.161. The first-order valence-corrected chi connectivity index (χ1v) is 40.2. The van der Waals surface area contributed by atoms with Gasteiger partial charge < -0.3 is 33.8 Å². The average molecular weight is 1340 g/mol. The normalized spacial score (nSPS) is 14.5. The second-order valence-electron chi connectivity index (χ2n) is 27.6. The maximum Gasteiger partial charge on any atom is 0.472 e. The smallest absolute Gasteiger partial charge is 0.462 e. The fourth-order valence-corrected chi connectivity index (χ4v) is 12.4. The van der Waals surface area contributed by atoms with Crippen molar-refractivity contribution in [3.63, 3.8) is 0 Å². The van der Waals surface area contributed by atoms with Gasteiger partial charge in [0.15, 0.2) is 12.2 Å². The van der Waals surface area contributed by atoms with Gasteiger partial charge in [0.05, 0.1) is 26.4 Å². The first-order valence-electron chi connectivity index (χ1n) is 37.2. The van der Waals surface area contributed by atoms with Gasteiger partial charge in [-0.3, -0.25) is 37.3 Å². The highest BCUT2D eigenvalue weighted by molar-refractivity contribution is 7.47. The van der Waals surface area contributed by atoms with E-state index < -0.39 is 97.5 Å². The highest BCUT2D eigenvalue weighted by Gasteiger charge is 2.30. The first kappa shape index (κ1) is 89.1. The number of carbonyl (C=O) groups is 4. The van der Waals surface area contributed by atoms with E-state index in [0.717, 1.165) is 108 Å². The molecule has 0 fully saturated rings. The highest BCUT2D eigenvalue weighted by atomic mass is 31.2. The molecule has 17 nitrogen and oxygen atoms in total. The molecule has 0 aromatic rings. The number of aliphatic hydroxyl groups excluding tert-OH is 1. The maximum absolute atomic E-state index is 13.0. The van der Waals surface area contributed by atoms with Crippen molar-refractivity contribution < 1.29 is 80.2 Å². The summed E-state index contributed by atoms with van der Waals surface area (Å²) in [6.45, 7) is 14.1. The molecule has 0 heterocycles. The van der Waals surface area contributed by atoms with E-state index in [1.54, 1.807) is 0 Å². The van der Waals surface area contributed by atoms with Crippen LogP contribution >= 0.6 is 15.6 Å². The fraction of sp³-hybridized carbons (Fsp3) is 0.944. The van der Waals surface area contributed by atoms with Crippen molar-refractivity contribution in [2.75, 3.05) is 39.6 Å². The molecule has 540 valence electrons. The largest absolute Gasteiger partial charge is 0.472 e. The van der Waals surface area contributed by atoms with Crippen LogP contribution in [0.4, 0.5) is 0 Å². The second kappa shape index (κ2) is 61.6. The zero-order valence-electron chi connectivity index (χ0n) is 59.5. The summed E-state index contributed by atoms with van der Waals surface area (Å²) in [7, 11) is -9.90. The van der Waals surface area contributed by atoms with E-state index in [1.807, 2.05) is 0 Å². The van der Waals surface area contributed by atoms with E-state index in [9.17, 15) is 43.2 Å². The van der Waals surface area contributed by atoms with Gasteiger partial charge in [-0.25, -0.2) is 9.13 Å². The molecular weight excluding hydrogens is 1200 g/mol. The molecule has 0 aliphatic carbocycles. The molecule has 0 bridgehead atoms. The topological polar surface area (TPSA) is 237 Å². The fourth-order valence-electron chi connectivity index (χ4n) is 10.8. The second-order valence-corrected chi connectivity index (χ2v) is 30.6. The number of aliphatic hydroxyl groups is 1. The molecule has 0 spiro atoms. The first-order chi connectivity index (χ1) is 43.6. The Labute approximate surface area is 556 Å². The van der Waals surface area contributed by atoms with Crippen LogP contribution in [-0.4, -0.2) is 96.7 Å². The van der Waals surface area contributed by atoms with Gasteiger partial charge >= 0.3 is 39.5 Å². The number of rotatable bonds is 69. The standard InChI is InChI=1S/C72H140O17P2/c1-9-65(8)51-43-35-27-19-14-12-10-11-13-15-21-29-38-46-54-71(76)88-67(59-83-70(75)53-45-37-30-22-25-33-41-49-63(4)5)60-86-90(78,79)84-56-66(73)57-85-91(80,81)87-61-68(89-72(77)55-47-39-31-23-26-34-42-50-64(6)7)58-82-69(74)52-44-36-28-20-17-16-18-24-32-40-48-62(2)3/h62-68,73H,9-61H2,1-8H3,(H,78,79)(H,80,81)/t65?,66?,67-,68-/m1/s1. The Balaban J connectivity index is 5.21. The van der Waals surface area contributed by atoms with Crippen LogP contribution in [0.1, 0.15) is 357 Å². The van der Waals surface area contributed by atoms with Gasteiger partial charge in [0.1, 0.15) is 19.3 Å². The summed E-state index contributed by atoms with van der Waals surface area (Å²) in [6.07, 6.45) is 44.6. The highest BCUT2D eigenvalue weighted by Crippen LogP contribution is 2.45. The number of phosphoric ester groups is 2. The summed E-state index contributed by atoms with van der Waals surface area (Å²) in [5.74, 6) is 0.876. The van der Waals surface area contributed by atoms with Gasteiger partial charge in [-0.1, -0.05) is 306 Å². The Hall–Kier alpha value is -1.94. The van der Waals surface area contributed by atoms with Gasteiger partial charge in [-0.15, -0.1) is 0 Å². The Kier molecular flexibility index (Phi) is 60.3. The molecule has 19 heteroatoms. The van der Waals surface area contributed by atoms with E-state index in [4.69, 9.17) is 37.0 Å². The lowest BCUT2D eigenvalue weighted by Crippen LogP contribution is -2.30. The van der Waals surface area contributed by atoms with E-state index in [1.165, 1.54) is 154 Å². The quantitative estimate of drug-likeness (QED) is 0.0222. The maximum atomic E-state index is 13.0. The van der Waals surface area contributed by atoms with Gasteiger partial charge in [0, 0.05) is 25.7 Å². The van der Waals surface area contributed by atoms with E-state index in [0.29, 0.717) is 37.5 Å². The third-order valence-corrected chi connectivity index (χ3v) is 18.8. The third-order valence-electron chi connectivity index (χ3n) is 16.9. The molecule has 0 saturated heterocycles. The Morgan fingerprint density at radius 2 is 0.527 bits per heavy atom. The van der Waals surface area contributed by atoms with Crippen LogP contribution in [0.5, 0.6) is 0 Å². The predicted octanol–water partition coefficient (Wildman–Crippen LogP) is 20.5. The van der Waals surface area contributed by atoms with Gasteiger partial charge in [0.25, 0.3) is 0 Å². The molecule has 0 rings (SSSR count). The molecule has 3 N–H and O–H groups in total.